The van der Waals surface area contributed by atoms with E-state index in [1.54, 1.807) is 19.4 Å². The van der Waals surface area contributed by atoms with Crippen molar-refractivity contribution in [3.05, 3.63) is 12.3 Å². The van der Waals surface area contributed by atoms with Gasteiger partial charge < -0.3 is 19.3 Å². The maximum atomic E-state index is 12.3. The van der Waals surface area contributed by atoms with Crippen LogP contribution in [0.3, 0.4) is 0 Å². The highest BCUT2D eigenvalue weighted by molar-refractivity contribution is 5.77. The van der Waals surface area contributed by atoms with Crippen molar-refractivity contribution in [3.8, 4) is 5.88 Å². The highest BCUT2D eigenvalue weighted by atomic mass is 16.5. The van der Waals surface area contributed by atoms with Crippen LogP contribution in [0.5, 0.6) is 5.88 Å². The second-order valence-electron chi connectivity index (χ2n) is 5.61. The molecule has 120 valence electrons. The Labute approximate surface area is 130 Å². The molecule has 0 radical (unpaired) electrons. The van der Waals surface area contributed by atoms with E-state index in [4.69, 9.17) is 9.47 Å². The van der Waals surface area contributed by atoms with Crippen LogP contribution in [0.2, 0.25) is 0 Å². The summed E-state index contributed by atoms with van der Waals surface area (Å²) >= 11 is 0. The Bertz CT molecular complexity index is 511. The minimum absolute atomic E-state index is 0.118. The highest BCUT2D eigenvalue weighted by Crippen LogP contribution is 2.18. The molecule has 0 spiro atoms. The molecule has 3 heterocycles. The van der Waals surface area contributed by atoms with E-state index in [-0.39, 0.29) is 12.0 Å². The van der Waals surface area contributed by atoms with E-state index >= 15 is 0 Å². The number of anilines is 1. The van der Waals surface area contributed by atoms with Crippen LogP contribution in [0.1, 0.15) is 19.3 Å². The molecule has 2 aliphatic heterocycles. The summed E-state index contributed by atoms with van der Waals surface area (Å²) in [5, 5.41) is 0. The first-order chi connectivity index (χ1) is 10.8. The zero-order chi connectivity index (χ0) is 15.4. The molecule has 0 N–H and O–H groups in total. The number of ether oxygens (including phenoxy) is 2. The van der Waals surface area contributed by atoms with Crippen molar-refractivity contribution in [2.75, 3.05) is 44.8 Å². The van der Waals surface area contributed by atoms with Crippen LogP contribution in [0, 0.1) is 0 Å². The molecule has 0 saturated carbocycles. The van der Waals surface area contributed by atoms with Gasteiger partial charge >= 0.3 is 0 Å². The zero-order valence-electron chi connectivity index (χ0n) is 12.9. The summed E-state index contributed by atoms with van der Waals surface area (Å²) in [7, 11) is 1.59. The minimum Gasteiger partial charge on any atom is -0.481 e. The molecule has 1 atom stereocenters. The van der Waals surface area contributed by atoms with Gasteiger partial charge in [0, 0.05) is 45.0 Å². The summed E-state index contributed by atoms with van der Waals surface area (Å²) < 4.78 is 10.7. The third-order valence-electron chi connectivity index (χ3n) is 4.17. The normalized spacial score (nSPS) is 22.0. The average Bonchev–Trinajstić information content (AvgIpc) is 3.08. The van der Waals surface area contributed by atoms with Gasteiger partial charge in [-0.05, 0) is 12.8 Å². The molecule has 3 rings (SSSR count). The average molecular weight is 306 g/mol. The minimum atomic E-state index is 0.118. The number of amides is 1. The molecule has 0 aliphatic carbocycles. The Morgan fingerprint density at radius 1 is 1.41 bits per heavy atom. The van der Waals surface area contributed by atoms with Crippen molar-refractivity contribution in [1.29, 1.82) is 0 Å². The van der Waals surface area contributed by atoms with Gasteiger partial charge in [-0.25, -0.2) is 4.98 Å². The molecular weight excluding hydrogens is 284 g/mol. The van der Waals surface area contributed by atoms with Gasteiger partial charge in [0.25, 0.3) is 0 Å². The van der Waals surface area contributed by atoms with E-state index in [0.717, 1.165) is 32.5 Å². The van der Waals surface area contributed by atoms with Crippen LogP contribution >= 0.6 is 0 Å². The smallest absolute Gasteiger partial charge is 0.228 e. The summed E-state index contributed by atoms with van der Waals surface area (Å²) in [6.07, 6.45) is 4.39. The first kappa shape index (κ1) is 15.0. The molecule has 1 aromatic rings. The van der Waals surface area contributed by atoms with Crippen molar-refractivity contribution < 1.29 is 14.3 Å². The number of aromatic nitrogens is 2. The molecule has 0 bridgehead atoms. The Morgan fingerprint density at radius 2 is 2.23 bits per heavy atom. The fourth-order valence-corrected chi connectivity index (χ4v) is 2.88. The van der Waals surface area contributed by atoms with Crippen LogP contribution in [0.25, 0.3) is 0 Å². The van der Waals surface area contributed by atoms with Crippen molar-refractivity contribution in [2.24, 2.45) is 0 Å². The van der Waals surface area contributed by atoms with E-state index in [0.29, 0.717) is 31.3 Å². The lowest BCUT2D eigenvalue weighted by molar-refractivity contribution is -0.133. The monoisotopic (exact) mass is 306 g/mol. The van der Waals surface area contributed by atoms with Gasteiger partial charge in [0.1, 0.15) is 0 Å². The second kappa shape index (κ2) is 6.91. The Kier molecular flexibility index (Phi) is 4.72. The Hall–Kier alpha value is -1.89. The molecule has 1 amide bonds. The molecule has 2 saturated heterocycles. The predicted octanol–water partition coefficient (Wildman–Crippen LogP) is 0.703. The number of piperazine rings is 1. The molecule has 0 unspecified atom stereocenters. The lowest BCUT2D eigenvalue weighted by Crippen LogP contribution is -2.49. The molecule has 0 aromatic carbocycles. The molecular formula is C15H22N4O3. The van der Waals surface area contributed by atoms with Gasteiger partial charge in [-0.2, -0.15) is 4.98 Å². The first-order valence-corrected chi connectivity index (χ1v) is 7.77. The van der Waals surface area contributed by atoms with Crippen molar-refractivity contribution >= 4 is 11.9 Å². The number of hydrogen-bond donors (Lipinski definition) is 0. The number of hydrogen-bond acceptors (Lipinski definition) is 6. The molecule has 22 heavy (non-hydrogen) atoms. The fraction of sp³-hybridized carbons (Fsp3) is 0.667. The SMILES string of the molecule is COc1ccnc(N2CCN(C(=O)C[C@@H]3CCCO3)CC2)n1. The van der Waals surface area contributed by atoms with E-state index in [9.17, 15) is 4.79 Å². The Balaban J connectivity index is 1.52. The van der Waals surface area contributed by atoms with Gasteiger partial charge in [-0.3, -0.25) is 4.79 Å². The number of carbonyl (C=O) groups is 1. The zero-order valence-corrected chi connectivity index (χ0v) is 12.9. The molecule has 1 aromatic heterocycles. The summed E-state index contributed by atoms with van der Waals surface area (Å²) in [5.41, 5.74) is 0. The number of methoxy groups -OCH3 is 1. The van der Waals surface area contributed by atoms with E-state index in [1.165, 1.54) is 0 Å². The summed E-state index contributed by atoms with van der Waals surface area (Å²) in [4.78, 5) is 24.9. The lowest BCUT2D eigenvalue weighted by Gasteiger charge is -2.35. The fourth-order valence-electron chi connectivity index (χ4n) is 2.88. The van der Waals surface area contributed by atoms with Crippen LogP contribution in [0.15, 0.2) is 12.3 Å². The summed E-state index contributed by atoms with van der Waals surface area (Å²) in [6.45, 7) is 3.67. The second-order valence-corrected chi connectivity index (χ2v) is 5.61. The number of carbonyl (C=O) groups excluding carboxylic acids is 1. The maximum absolute atomic E-state index is 12.3. The van der Waals surface area contributed by atoms with Crippen LogP contribution in [-0.2, 0) is 9.53 Å². The predicted molar refractivity (Wildman–Crippen MR) is 81.0 cm³/mol. The summed E-state index contributed by atoms with van der Waals surface area (Å²) in [6, 6.07) is 1.73. The standard InChI is InChI=1S/C15H22N4O3/c1-21-13-4-5-16-15(17-13)19-8-6-18(7-9-19)14(20)11-12-3-2-10-22-12/h4-5,12H,2-3,6-11H2,1H3/t12-/m0/s1. The third-order valence-corrected chi connectivity index (χ3v) is 4.17. The number of rotatable bonds is 4. The lowest BCUT2D eigenvalue weighted by atomic mass is 10.1. The van der Waals surface area contributed by atoms with Gasteiger partial charge in [-0.15, -0.1) is 0 Å². The van der Waals surface area contributed by atoms with E-state index < -0.39 is 0 Å². The topological polar surface area (TPSA) is 67.8 Å². The van der Waals surface area contributed by atoms with Crippen LogP contribution in [-0.4, -0.2) is 66.8 Å². The Morgan fingerprint density at radius 3 is 2.91 bits per heavy atom. The third kappa shape index (κ3) is 3.47. The quantitative estimate of drug-likeness (QED) is 0.816. The van der Waals surface area contributed by atoms with Crippen LogP contribution in [0.4, 0.5) is 5.95 Å². The van der Waals surface area contributed by atoms with E-state index in [1.807, 2.05) is 4.90 Å². The molecule has 2 fully saturated rings. The van der Waals surface area contributed by atoms with Gasteiger partial charge in [0.05, 0.1) is 19.6 Å². The number of nitrogens with zero attached hydrogens (tertiary/aromatic N) is 4. The maximum Gasteiger partial charge on any atom is 0.228 e. The highest BCUT2D eigenvalue weighted by Gasteiger charge is 2.26. The van der Waals surface area contributed by atoms with E-state index in [2.05, 4.69) is 14.9 Å². The molecule has 7 heteroatoms. The van der Waals surface area contributed by atoms with Crippen LogP contribution < -0.4 is 9.64 Å². The molecule has 7 nitrogen and oxygen atoms in total. The van der Waals surface area contributed by atoms with Gasteiger partial charge in [0.2, 0.25) is 17.7 Å². The van der Waals surface area contributed by atoms with Gasteiger partial charge in [-0.1, -0.05) is 0 Å². The first-order valence-electron chi connectivity index (χ1n) is 7.77. The molecule has 2 aliphatic rings. The van der Waals surface area contributed by atoms with Crippen molar-refractivity contribution in [1.82, 2.24) is 14.9 Å². The largest absolute Gasteiger partial charge is 0.481 e. The van der Waals surface area contributed by atoms with Crippen molar-refractivity contribution in [3.63, 3.8) is 0 Å². The van der Waals surface area contributed by atoms with Crippen molar-refractivity contribution in [2.45, 2.75) is 25.4 Å². The van der Waals surface area contributed by atoms with Gasteiger partial charge in [0.15, 0.2) is 0 Å². The summed E-state index contributed by atoms with van der Waals surface area (Å²) in [5.74, 6) is 1.41.